The zero-order chi connectivity index (χ0) is 16.5. The molecule has 0 fully saturated rings. The quantitative estimate of drug-likeness (QED) is 0.604. The van der Waals surface area contributed by atoms with E-state index in [0.717, 1.165) is 9.54 Å². The molecule has 0 amide bonds. The van der Waals surface area contributed by atoms with E-state index < -0.39 is 0 Å². The maximum absolute atomic E-state index is 2.45. The van der Waals surface area contributed by atoms with E-state index in [1.807, 2.05) is 0 Å². The van der Waals surface area contributed by atoms with Crippen LogP contribution in [-0.4, -0.2) is 0 Å². The number of hydrogen-bond acceptors (Lipinski definition) is 0. The molecule has 0 bridgehead atoms. The van der Waals surface area contributed by atoms with Crippen molar-refractivity contribution < 1.29 is 49.5 Å². The molecule has 4 atom stereocenters. The third-order valence-electron chi connectivity index (χ3n) is 5.72. The number of fused-ring (bicyclic) bond motifs is 2. The molecule has 0 saturated carbocycles. The van der Waals surface area contributed by atoms with Crippen molar-refractivity contribution in [2.45, 2.75) is 35.2 Å². The van der Waals surface area contributed by atoms with Crippen molar-refractivity contribution in [2.24, 2.45) is 5.92 Å². The fraction of sp³-hybridized carbons (Fsp3) is 0.304. The SMILES string of the molecule is CCC(CC1C=Cc2ccccc21)[CH]([Zr+2])C1C=Cc2ccccc21.[Cl-].[Cl-]. The third kappa shape index (κ3) is 4.11. The van der Waals surface area contributed by atoms with Crippen molar-refractivity contribution in [1.82, 2.24) is 0 Å². The Hall–Kier alpha value is -0.617. The van der Waals surface area contributed by atoms with Crippen LogP contribution in [0, 0.1) is 5.92 Å². The number of benzene rings is 2. The molecule has 3 heteroatoms. The van der Waals surface area contributed by atoms with E-state index in [1.54, 1.807) is 30.3 Å². The van der Waals surface area contributed by atoms with Crippen LogP contribution < -0.4 is 24.8 Å². The molecular formula is C23H23Cl2Zr. The largest absolute Gasteiger partial charge is 1.00 e. The maximum Gasteiger partial charge on any atom is -1.00 e. The molecule has 0 N–H and O–H groups in total. The van der Waals surface area contributed by atoms with E-state index >= 15 is 0 Å². The second-order valence-electron chi connectivity index (χ2n) is 7.04. The standard InChI is InChI=1S/C23H23.2ClH.Zr/c1-2-17(15-20-13-11-18-7-3-5-9-22(18)20)16-21-14-12-19-8-4-6-10-23(19)21;;;/h3-15,17,20-21H,2,16H2,1H3;2*1H;/q;;;+2/p-2. The van der Waals surface area contributed by atoms with Crippen molar-refractivity contribution in [2.75, 3.05) is 0 Å². The van der Waals surface area contributed by atoms with Crippen LogP contribution in [0.15, 0.2) is 60.7 Å². The van der Waals surface area contributed by atoms with Crippen LogP contribution >= 0.6 is 0 Å². The molecule has 2 aliphatic rings. The van der Waals surface area contributed by atoms with Gasteiger partial charge in [0.25, 0.3) is 0 Å². The predicted octanol–water partition coefficient (Wildman–Crippen LogP) is 0.367. The Labute approximate surface area is 184 Å². The van der Waals surface area contributed by atoms with Gasteiger partial charge in [-0.1, -0.05) is 0 Å². The Morgan fingerprint density at radius 1 is 0.846 bits per heavy atom. The molecule has 0 heterocycles. The number of halogens is 2. The van der Waals surface area contributed by atoms with Crippen LogP contribution in [0.2, 0.25) is 3.63 Å². The van der Waals surface area contributed by atoms with Crippen LogP contribution in [0.1, 0.15) is 53.9 Å². The summed E-state index contributed by atoms with van der Waals surface area (Å²) in [6.45, 7) is 2.37. The van der Waals surface area contributed by atoms with E-state index in [4.69, 9.17) is 0 Å². The summed E-state index contributed by atoms with van der Waals surface area (Å²) in [6.07, 6.45) is 12.1. The number of rotatable bonds is 5. The van der Waals surface area contributed by atoms with Gasteiger partial charge in [0.1, 0.15) is 0 Å². The molecule has 0 saturated heterocycles. The van der Waals surface area contributed by atoms with Gasteiger partial charge in [0.15, 0.2) is 0 Å². The van der Waals surface area contributed by atoms with E-state index in [0.29, 0.717) is 11.8 Å². The Balaban J connectivity index is 0.00000121. The Morgan fingerprint density at radius 3 is 2.12 bits per heavy atom. The van der Waals surface area contributed by atoms with Crippen molar-refractivity contribution in [1.29, 1.82) is 0 Å². The summed E-state index contributed by atoms with van der Waals surface area (Å²) in [5, 5.41) is 0. The van der Waals surface area contributed by atoms with E-state index in [9.17, 15) is 0 Å². The minimum absolute atomic E-state index is 0. The number of allylic oxidation sites excluding steroid dienone is 2. The first-order valence-corrected chi connectivity index (χ1v) is 10.4. The van der Waals surface area contributed by atoms with Gasteiger partial charge in [-0.05, 0) is 0 Å². The molecule has 0 aromatic heterocycles. The predicted molar refractivity (Wildman–Crippen MR) is 98.6 cm³/mol. The Bertz CT molecular complexity index is 796. The van der Waals surface area contributed by atoms with Crippen molar-refractivity contribution in [3.8, 4) is 0 Å². The van der Waals surface area contributed by atoms with Gasteiger partial charge in [-0.25, -0.2) is 0 Å². The molecule has 0 radical (unpaired) electrons. The zero-order valence-corrected chi connectivity index (χ0v) is 18.9. The van der Waals surface area contributed by atoms with Gasteiger partial charge in [0.2, 0.25) is 0 Å². The third-order valence-corrected chi connectivity index (χ3v) is 7.76. The molecule has 0 spiro atoms. The number of hydrogen-bond donors (Lipinski definition) is 0. The second kappa shape index (κ2) is 9.54. The first-order valence-electron chi connectivity index (χ1n) is 9.03. The van der Waals surface area contributed by atoms with E-state index in [1.165, 1.54) is 29.5 Å². The minimum atomic E-state index is 0. The zero-order valence-electron chi connectivity index (χ0n) is 14.9. The van der Waals surface area contributed by atoms with Crippen molar-refractivity contribution >= 4 is 12.2 Å². The Kier molecular flexibility index (Phi) is 7.96. The van der Waals surface area contributed by atoms with Gasteiger partial charge in [0.05, 0.1) is 0 Å². The smallest absolute Gasteiger partial charge is 1.00 e. The molecule has 0 aliphatic heterocycles. The average Bonchev–Trinajstić information content (AvgIpc) is 3.23. The summed E-state index contributed by atoms with van der Waals surface area (Å²) >= 11 is 1.68. The molecule has 0 nitrogen and oxygen atoms in total. The van der Waals surface area contributed by atoms with Gasteiger partial charge in [-0.3, -0.25) is 0 Å². The molecule has 2 aromatic rings. The van der Waals surface area contributed by atoms with Crippen LogP contribution in [-0.2, 0) is 24.7 Å². The fourth-order valence-electron chi connectivity index (χ4n) is 4.31. The molecule has 4 rings (SSSR count). The Morgan fingerprint density at radius 2 is 1.42 bits per heavy atom. The summed E-state index contributed by atoms with van der Waals surface area (Å²) in [5.41, 5.74) is 5.92. The minimum Gasteiger partial charge on any atom is -1.00 e. The average molecular weight is 462 g/mol. The van der Waals surface area contributed by atoms with Crippen LogP contribution in [0.4, 0.5) is 0 Å². The molecular weight excluding hydrogens is 438 g/mol. The van der Waals surface area contributed by atoms with Gasteiger partial charge in [-0.15, -0.1) is 0 Å². The van der Waals surface area contributed by atoms with Crippen molar-refractivity contribution in [3.05, 3.63) is 82.9 Å². The van der Waals surface area contributed by atoms with Crippen LogP contribution in [0.25, 0.3) is 12.2 Å². The molecule has 133 valence electrons. The molecule has 2 aliphatic carbocycles. The normalized spacial score (nSPS) is 21.3. The summed E-state index contributed by atoms with van der Waals surface area (Å²) in [6, 6.07) is 17.8. The summed E-state index contributed by atoms with van der Waals surface area (Å²) in [4.78, 5) is 0. The summed E-state index contributed by atoms with van der Waals surface area (Å²) < 4.78 is 0.767. The maximum atomic E-state index is 2.45. The fourth-order valence-corrected chi connectivity index (χ4v) is 5.93. The second-order valence-corrected chi connectivity index (χ2v) is 8.68. The molecule has 2 aromatic carbocycles. The van der Waals surface area contributed by atoms with Crippen LogP contribution in [0.3, 0.4) is 0 Å². The van der Waals surface area contributed by atoms with Gasteiger partial charge < -0.3 is 24.8 Å². The monoisotopic (exact) mass is 459 g/mol. The topological polar surface area (TPSA) is 0 Å². The van der Waals surface area contributed by atoms with Gasteiger partial charge in [0, 0.05) is 0 Å². The van der Waals surface area contributed by atoms with Crippen LogP contribution in [0.5, 0.6) is 0 Å². The molecule has 4 unspecified atom stereocenters. The first-order chi connectivity index (χ1) is 11.8. The van der Waals surface area contributed by atoms with E-state index in [2.05, 4.69) is 79.8 Å². The summed E-state index contributed by atoms with van der Waals surface area (Å²) in [7, 11) is 0. The van der Waals surface area contributed by atoms with E-state index in [-0.39, 0.29) is 24.8 Å². The molecule has 26 heavy (non-hydrogen) atoms. The van der Waals surface area contributed by atoms with Crippen molar-refractivity contribution in [3.63, 3.8) is 0 Å². The van der Waals surface area contributed by atoms with Gasteiger partial charge in [-0.2, -0.15) is 0 Å². The summed E-state index contributed by atoms with van der Waals surface area (Å²) in [5.74, 6) is 2.00. The van der Waals surface area contributed by atoms with Gasteiger partial charge >= 0.3 is 161 Å². The first kappa shape index (κ1) is 21.7.